The number of hydrogen-bond donors (Lipinski definition) is 1. The molecule has 1 heterocycles. The Labute approximate surface area is 106 Å². The highest BCUT2D eigenvalue weighted by molar-refractivity contribution is 5.92. The summed E-state index contributed by atoms with van der Waals surface area (Å²) >= 11 is 0. The fraction of sp³-hybridized carbons (Fsp3) is 0.615. The van der Waals surface area contributed by atoms with E-state index in [0.29, 0.717) is 12.8 Å². The van der Waals surface area contributed by atoms with E-state index in [0.717, 1.165) is 24.2 Å². The van der Waals surface area contributed by atoms with Crippen LogP contribution >= 0.6 is 0 Å². The van der Waals surface area contributed by atoms with Crippen LogP contribution in [0, 0.1) is 0 Å². The van der Waals surface area contributed by atoms with Gasteiger partial charge in [0.15, 0.2) is 5.78 Å². The Bertz CT molecular complexity index is 362. The summed E-state index contributed by atoms with van der Waals surface area (Å²) in [5.41, 5.74) is 0. The quantitative estimate of drug-likeness (QED) is 0.554. The number of rotatable bonds is 7. The summed E-state index contributed by atoms with van der Waals surface area (Å²) in [7, 11) is 0. The Morgan fingerprint density at radius 3 is 2.78 bits per heavy atom. The molecule has 0 aliphatic carbocycles. The van der Waals surface area contributed by atoms with Crippen LogP contribution in [0.2, 0.25) is 0 Å². The predicted octanol–water partition coefficient (Wildman–Crippen LogP) is 1.73. The first-order valence-corrected chi connectivity index (χ1v) is 6.31. The van der Waals surface area contributed by atoms with Crippen LogP contribution in [0.15, 0.2) is 12.3 Å². The van der Waals surface area contributed by atoms with Crippen LogP contribution in [-0.4, -0.2) is 33.7 Å². The Morgan fingerprint density at radius 1 is 1.44 bits per heavy atom. The number of carbonyl (C=O) groups is 3. The maximum atomic E-state index is 11.5. The molecule has 100 valence electrons. The number of hydrogen-bond acceptors (Lipinski definition) is 3. The molecular weight excluding hydrogens is 234 g/mol. The number of carbonyl (C=O) groups excluding carboxylic acids is 2. The van der Waals surface area contributed by atoms with Crippen LogP contribution in [0.5, 0.6) is 0 Å². The molecule has 1 aliphatic heterocycles. The van der Waals surface area contributed by atoms with Gasteiger partial charge in [0, 0.05) is 19.0 Å². The Balaban J connectivity index is 2.51. The largest absolute Gasteiger partial charge is 0.480 e. The van der Waals surface area contributed by atoms with Gasteiger partial charge in [0.2, 0.25) is 5.91 Å². The van der Waals surface area contributed by atoms with Gasteiger partial charge in [-0.1, -0.05) is 19.8 Å². The molecule has 1 atom stereocenters. The molecule has 0 bridgehead atoms. The monoisotopic (exact) mass is 253 g/mol. The van der Waals surface area contributed by atoms with Crippen LogP contribution in [0.1, 0.15) is 45.4 Å². The normalized spacial score (nSPS) is 19.7. The molecular formula is C13H19NO4. The van der Waals surface area contributed by atoms with Crippen molar-refractivity contribution in [2.75, 3.05) is 0 Å². The van der Waals surface area contributed by atoms with Crippen molar-refractivity contribution in [3.8, 4) is 0 Å². The molecule has 1 unspecified atom stereocenters. The van der Waals surface area contributed by atoms with E-state index in [1.807, 2.05) is 0 Å². The average Bonchev–Trinajstić information content (AvgIpc) is 2.68. The molecule has 0 saturated carbocycles. The first kappa shape index (κ1) is 14.4. The summed E-state index contributed by atoms with van der Waals surface area (Å²) in [6, 6.07) is -0.822. The third-order valence-corrected chi connectivity index (χ3v) is 2.99. The summed E-state index contributed by atoms with van der Waals surface area (Å²) in [6.07, 6.45) is 6.49. The second kappa shape index (κ2) is 6.93. The summed E-state index contributed by atoms with van der Waals surface area (Å²) in [5, 5.41) is 8.93. The molecule has 1 rings (SSSR count). The van der Waals surface area contributed by atoms with Crippen molar-refractivity contribution in [1.82, 2.24) is 4.90 Å². The molecule has 0 aromatic rings. The van der Waals surface area contributed by atoms with E-state index < -0.39 is 12.0 Å². The number of allylic oxidation sites excluding steroid dienone is 1. The molecule has 5 nitrogen and oxygen atoms in total. The van der Waals surface area contributed by atoms with Crippen molar-refractivity contribution in [2.24, 2.45) is 0 Å². The minimum absolute atomic E-state index is 0.0627. The molecule has 0 spiro atoms. The zero-order chi connectivity index (χ0) is 13.5. The van der Waals surface area contributed by atoms with Gasteiger partial charge in [-0.05, 0) is 18.9 Å². The fourth-order valence-corrected chi connectivity index (χ4v) is 1.93. The van der Waals surface area contributed by atoms with Gasteiger partial charge in [-0.2, -0.15) is 0 Å². The van der Waals surface area contributed by atoms with Crippen molar-refractivity contribution >= 4 is 17.7 Å². The molecule has 1 N–H and O–H groups in total. The fourth-order valence-electron chi connectivity index (χ4n) is 1.93. The maximum Gasteiger partial charge on any atom is 0.326 e. The third-order valence-electron chi connectivity index (χ3n) is 2.99. The van der Waals surface area contributed by atoms with Crippen molar-refractivity contribution in [3.63, 3.8) is 0 Å². The van der Waals surface area contributed by atoms with Gasteiger partial charge in [-0.3, -0.25) is 9.59 Å². The van der Waals surface area contributed by atoms with Gasteiger partial charge in [-0.25, -0.2) is 4.79 Å². The Morgan fingerprint density at radius 2 is 2.17 bits per heavy atom. The number of carboxylic acid groups (broad SMARTS) is 1. The second-order valence-corrected chi connectivity index (χ2v) is 4.43. The number of likely N-dealkylation sites (tertiary alicyclic amines) is 1. The average molecular weight is 253 g/mol. The summed E-state index contributed by atoms with van der Waals surface area (Å²) in [5.74, 6) is -1.32. The van der Waals surface area contributed by atoms with E-state index >= 15 is 0 Å². The van der Waals surface area contributed by atoms with E-state index in [-0.39, 0.29) is 18.1 Å². The number of carboxylic acids is 1. The van der Waals surface area contributed by atoms with Crippen LogP contribution in [-0.2, 0) is 14.4 Å². The van der Waals surface area contributed by atoms with Crippen LogP contribution in [0.4, 0.5) is 0 Å². The van der Waals surface area contributed by atoms with Crippen LogP contribution < -0.4 is 0 Å². The van der Waals surface area contributed by atoms with E-state index in [1.54, 1.807) is 0 Å². The molecule has 0 aromatic heterocycles. The molecule has 1 saturated heterocycles. The van der Waals surface area contributed by atoms with Crippen LogP contribution in [0.25, 0.3) is 0 Å². The number of amides is 1. The summed E-state index contributed by atoms with van der Waals surface area (Å²) in [6.45, 7) is 2.06. The molecule has 5 heteroatoms. The van der Waals surface area contributed by atoms with E-state index in [1.165, 1.54) is 12.3 Å². The van der Waals surface area contributed by atoms with Crippen LogP contribution in [0.3, 0.4) is 0 Å². The van der Waals surface area contributed by atoms with Gasteiger partial charge >= 0.3 is 5.97 Å². The first-order valence-electron chi connectivity index (χ1n) is 6.31. The highest BCUT2D eigenvalue weighted by atomic mass is 16.4. The van der Waals surface area contributed by atoms with E-state index in [4.69, 9.17) is 5.11 Å². The number of unbranched alkanes of at least 4 members (excludes halogenated alkanes) is 2. The molecule has 1 fully saturated rings. The van der Waals surface area contributed by atoms with Crippen molar-refractivity contribution < 1.29 is 19.5 Å². The van der Waals surface area contributed by atoms with Gasteiger partial charge < -0.3 is 10.0 Å². The van der Waals surface area contributed by atoms with Gasteiger partial charge in [-0.15, -0.1) is 0 Å². The lowest BCUT2D eigenvalue weighted by atomic mass is 10.1. The third kappa shape index (κ3) is 3.98. The zero-order valence-electron chi connectivity index (χ0n) is 10.6. The predicted molar refractivity (Wildman–Crippen MR) is 65.8 cm³/mol. The van der Waals surface area contributed by atoms with E-state index in [2.05, 4.69) is 6.92 Å². The highest BCUT2D eigenvalue weighted by Crippen LogP contribution is 2.19. The first-order chi connectivity index (χ1) is 8.56. The maximum absolute atomic E-state index is 11.5. The second-order valence-electron chi connectivity index (χ2n) is 4.43. The molecule has 0 aromatic carbocycles. The van der Waals surface area contributed by atoms with Gasteiger partial charge in [0.05, 0.1) is 0 Å². The molecule has 0 radical (unpaired) electrons. The molecule has 1 amide bonds. The highest BCUT2D eigenvalue weighted by Gasteiger charge is 2.34. The summed E-state index contributed by atoms with van der Waals surface area (Å²) < 4.78 is 0. The molecule has 18 heavy (non-hydrogen) atoms. The smallest absolute Gasteiger partial charge is 0.326 e. The van der Waals surface area contributed by atoms with Crippen molar-refractivity contribution in [2.45, 2.75) is 51.5 Å². The molecule has 1 aliphatic rings. The minimum Gasteiger partial charge on any atom is -0.480 e. The summed E-state index contributed by atoms with van der Waals surface area (Å²) in [4.78, 5) is 35.0. The minimum atomic E-state index is -1.02. The van der Waals surface area contributed by atoms with E-state index in [9.17, 15) is 14.4 Å². The zero-order valence-corrected chi connectivity index (χ0v) is 10.6. The Hall–Kier alpha value is -1.65. The lowest BCUT2D eigenvalue weighted by Crippen LogP contribution is -2.34. The van der Waals surface area contributed by atoms with Gasteiger partial charge in [0.1, 0.15) is 6.04 Å². The SMILES string of the molecule is CCCCCC(=O)/C=C/N1C(=O)CCC1C(=O)O. The number of nitrogens with zero attached hydrogens (tertiary/aromatic N) is 1. The van der Waals surface area contributed by atoms with Gasteiger partial charge in [0.25, 0.3) is 0 Å². The standard InChI is InChI=1S/C13H19NO4/c1-2-3-4-5-10(15)8-9-14-11(13(17)18)6-7-12(14)16/h8-9,11H,2-7H2,1H3,(H,17,18)/b9-8+. The van der Waals surface area contributed by atoms with Crippen molar-refractivity contribution in [3.05, 3.63) is 12.3 Å². The Kier molecular flexibility index (Phi) is 5.55. The number of aliphatic carboxylic acids is 1. The van der Waals surface area contributed by atoms with Crippen molar-refractivity contribution in [1.29, 1.82) is 0 Å². The lowest BCUT2D eigenvalue weighted by Gasteiger charge is -2.16. The lowest BCUT2D eigenvalue weighted by molar-refractivity contribution is -0.144. The topological polar surface area (TPSA) is 74.7 Å². The number of ketones is 1.